The molecule has 9 rings (SSSR count). The second kappa shape index (κ2) is 15.8. The minimum absolute atomic E-state index is 0.00762. The van der Waals surface area contributed by atoms with Gasteiger partial charge in [0.15, 0.2) is 0 Å². The van der Waals surface area contributed by atoms with Crippen molar-refractivity contribution in [2.45, 2.75) is 64.7 Å². The Morgan fingerprint density at radius 3 is 2.41 bits per heavy atom. The van der Waals surface area contributed by atoms with E-state index in [4.69, 9.17) is 11.6 Å². The van der Waals surface area contributed by atoms with E-state index >= 15 is 9.59 Å². The number of hydrogen-bond donors (Lipinski definition) is 1. The zero-order valence-corrected chi connectivity index (χ0v) is 34.3. The lowest BCUT2D eigenvalue weighted by Crippen LogP contribution is -2.53. The van der Waals surface area contributed by atoms with Crippen molar-refractivity contribution >= 4 is 45.7 Å². The topological polar surface area (TPSA) is 77.2 Å². The highest BCUT2D eigenvalue weighted by Crippen LogP contribution is 2.39. The number of fused-ring (bicyclic) bond motifs is 3. The van der Waals surface area contributed by atoms with Gasteiger partial charge in [0.05, 0.1) is 16.8 Å². The minimum Gasteiger partial charge on any atom is -0.508 e. The molecule has 58 heavy (non-hydrogen) atoms. The predicted octanol–water partition coefficient (Wildman–Crippen LogP) is 9.18. The third-order valence-electron chi connectivity index (χ3n) is 12.5. The van der Waals surface area contributed by atoms with Gasteiger partial charge < -0.3 is 24.0 Å². The van der Waals surface area contributed by atoms with E-state index < -0.39 is 0 Å². The smallest absolute Gasteiger partial charge is 0.264 e. The number of hydrogen-bond acceptors (Lipinski definition) is 5. The number of nitrogens with zero attached hydrogens (tertiary/aromatic N) is 6. The van der Waals surface area contributed by atoms with Gasteiger partial charge in [0.1, 0.15) is 5.75 Å². The SMILES string of the molecule is CC(C)n1ccc2ccc(N(C(=O)c3cc(-c4ccccc4C(=O)N4Cc5cccc(Cl)c5C[C@H]4CN4CCN(C)CC4)n4c3CCCC4)c3ccc(O)cc3)cc21. The summed E-state index contributed by atoms with van der Waals surface area (Å²) < 4.78 is 4.49. The van der Waals surface area contributed by atoms with Crippen LogP contribution in [0.2, 0.25) is 5.02 Å². The number of carbonyl (C=O) groups excluding carboxylic acids is 2. The Kier molecular flexibility index (Phi) is 10.4. The number of anilines is 2. The molecule has 1 N–H and O–H groups in total. The quantitative estimate of drug-likeness (QED) is 0.166. The van der Waals surface area contributed by atoms with E-state index in [1.165, 1.54) is 0 Å². The summed E-state index contributed by atoms with van der Waals surface area (Å²) in [5, 5.41) is 12.1. The maximum absolute atomic E-state index is 15.3. The number of rotatable bonds is 8. The van der Waals surface area contributed by atoms with Gasteiger partial charge in [-0.3, -0.25) is 19.4 Å². The first-order chi connectivity index (χ1) is 28.1. The first-order valence-corrected chi connectivity index (χ1v) is 21.1. The van der Waals surface area contributed by atoms with Crippen LogP contribution in [0.3, 0.4) is 0 Å². The Morgan fingerprint density at radius 2 is 1.62 bits per heavy atom. The Labute approximate surface area is 345 Å². The molecule has 0 bridgehead atoms. The van der Waals surface area contributed by atoms with Crippen molar-refractivity contribution < 1.29 is 14.7 Å². The number of piperazine rings is 1. The van der Waals surface area contributed by atoms with Gasteiger partial charge in [-0.25, -0.2) is 0 Å². The van der Waals surface area contributed by atoms with E-state index in [9.17, 15) is 5.11 Å². The van der Waals surface area contributed by atoms with E-state index in [1.54, 1.807) is 29.2 Å². The maximum Gasteiger partial charge on any atom is 0.264 e. The third-order valence-corrected chi connectivity index (χ3v) is 12.9. The van der Waals surface area contributed by atoms with Crippen LogP contribution in [0.15, 0.2) is 103 Å². The number of benzene rings is 4. The molecule has 298 valence electrons. The summed E-state index contributed by atoms with van der Waals surface area (Å²) in [6, 6.07) is 31.3. The number of amides is 2. The van der Waals surface area contributed by atoms with Crippen molar-refractivity contribution in [1.29, 1.82) is 0 Å². The zero-order valence-electron chi connectivity index (χ0n) is 33.6. The lowest BCUT2D eigenvalue weighted by Gasteiger charge is -2.42. The molecule has 3 aliphatic heterocycles. The molecule has 4 aromatic carbocycles. The lowest BCUT2D eigenvalue weighted by molar-refractivity contribution is 0.0536. The molecular formula is C48H51ClN6O3. The molecule has 0 radical (unpaired) electrons. The van der Waals surface area contributed by atoms with Gasteiger partial charge in [0.2, 0.25) is 0 Å². The standard InChI is InChI=1S/C48H51ClN6O3/c1-32(2)52-22-20-33-14-15-36(28-45(33)52)55(35-16-18-38(56)19-17-35)48(58)42-29-46(53-21-7-6-13-44(42)53)39-10-4-5-11-40(39)47(57)54-30-34-9-8-12-43(49)41(34)27-37(54)31-51-25-23-50(3)24-26-51/h4-5,8-12,14-20,22,28-29,32,37,56H,6-7,13,21,23-27,30-31H2,1-3H3/t37-/m0/s1. The molecule has 0 unspecified atom stereocenters. The number of phenolic OH excluding ortho intramolecular Hbond substituents is 1. The summed E-state index contributed by atoms with van der Waals surface area (Å²) in [6.07, 6.45) is 5.51. The molecule has 9 nitrogen and oxygen atoms in total. The van der Waals surface area contributed by atoms with Gasteiger partial charge in [-0.05, 0) is 124 Å². The van der Waals surface area contributed by atoms with E-state index in [-0.39, 0.29) is 29.6 Å². The van der Waals surface area contributed by atoms with Crippen LogP contribution in [-0.2, 0) is 25.9 Å². The number of halogens is 1. The van der Waals surface area contributed by atoms with Crippen molar-refractivity contribution in [3.8, 4) is 17.0 Å². The highest BCUT2D eigenvalue weighted by Gasteiger charge is 2.35. The summed E-state index contributed by atoms with van der Waals surface area (Å²) in [5.41, 5.74) is 8.64. The minimum atomic E-state index is -0.148. The van der Waals surface area contributed by atoms with Crippen LogP contribution in [-0.4, -0.2) is 86.6 Å². The molecular weight excluding hydrogens is 744 g/mol. The summed E-state index contributed by atoms with van der Waals surface area (Å²) in [6.45, 7) is 10.3. The van der Waals surface area contributed by atoms with Crippen molar-refractivity contribution in [3.05, 3.63) is 136 Å². The first-order valence-electron chi connectivity index (χ1n) is 20.7. The van der Waals surface area contributed by atoms with Crippen LogP contribution < -0.4 is 4.90 Å². The molecule has 3 aliphatic rings. The maximum atomic E-state index is 15.3. The summed E-state index contributed by atoms with van der Waals surface area (Å²) in [4.78, 5) is 39.1. The molecule has 1 fully saturated rings. The summed E-state index contributed by atoms with van der Waals surface area (Å²) in [5.74, 6) is -0.0203. The van der Waals surface area contributed by atoms with Gasteiger partial charge in [-0.2, -0.15) is 0 Å². The molecule has 2 aromatic heterocycles. The van der Waals surface area contributed by atoms with Gasteiger partial charge in [0.25, 0.3) is 11.8 Å². The van der Waals surface area contributed by atoms with E-state index in [0.717, 1.165) is 108 Å². The fourth-order valence-electron chi connectivity index (χ4n) is 9.33. The molecule has 0 spiro atoms. The Balaban J connectivity index is 1.12. The van der Waals surface area contributed by atoms with Crippen LogP contribution in [0, 0.1) is 0 Å². The van der Waals surface area contributed by atoms with Gasteiger partial charge in [-0.1, -0.05) is 48.0 Å². The zero-order chi connectivity index (χ0) is 40.1. The molecule has 10 heteroatoms. The van der Waals surface area contributed by atoms with Crippen LogP contribution in [0.5, 0.6) is 5.75 Å². The largest absolute Gasteiger partial charge is 0.508 e. The number of likely N-dealkylation sites (N-methyl/N-ethyl adjacent to an activating group) is 1. The molecule has 2 amide bonds. The van der Waals surface area contributed by atoms with Gasteiger partial charge in [-0.15, -0.1) is 0 Å². The normalized spacial score (nSPS) is 17.4. The predicted molar refractivity (Wildman–Crippen MR) is 232 cm³/mol. The number of carbonyl (C=O) groups is 2. The van der Waals surface area contributed by atoms with Crippen molar-refractivity contribution in [3.63, 3.8) is 0 Å². The molecule has 1 atom stereocenters. The van der Waals surface area contributed by atoms with Crippen molar-refractivity contribution in [2.75, 3.05) is 44.7 Å². The second-order valence-corrected chi connectivity index (χ2v) is 16.9. The fraction of sp³-hybridized carbons (Fsp3) is 0.333. The summed E-state index contributed by atoms with van der Waals surface area (Å²) >= 11 is 6.79. The lowest BCUT2D eigenvalue weighted by atomic mass is 9.92. The first kappa shape index (κ1) is 38.2. The van der Waals surface area contributed by atoms with Crippen LogP contribution in [0.4, 0.5) is 11.4 Å². The van der Waals surface area contributed by atoms with Gasteiger partial charge in [0, 0.05) is 97.3 Å². The average Bonchev–Trinajstić information content (AvgIpc) is 3.85. The number of aromatic nitrogens is 2. The molecule has 0 saturated carbocycles. The van der Waals surface area contributed by atoms with E-state index in [0.29, 0.717) is 29.8 Å². The van der Waals surface area contributed by atoms with Crippen LogP contribution >= 0.6 is 11.6 Å². The second-order valence-electron chi connectivity index (χ2n) is 16.5. The van der Waals surface area contributed by atoms with Crippen LogP contribution in [0.25, 0.3) is 22.2 Å². The Morgan fingerprint density at radius 1 is 0.845 bits per heavy atom. The highest BCUT2D eigenvalue weighted by atomic mass is 35.5. The van der Waals surface area contributed by atoms with Crippen molar-refractivity contribution in [2.24, 2.45) is 0 Å². The Hall–Kier alpha value is -5.35. The van der Waals surface area contributed by atoms with Crippen molar-refractivity contribution in [1.82, 2.24) is 23.8 Å². The van der Waals surface area contributed by atoms with E-state index in [2.05, 4.69) is 75.2 Å². The molecule has 0 aliphatic carbocycles. The molecule has 5 heterocycles. The number of phenols is 1. The molecule has 1 saturated heterocycles. The monoisotopic (exact) mass is 794 g/mol. The van der Waals surface area contributed by atoms with Gasteiger partial charge >= 0.3 is 0 Å². The third kappa shape index (κ3) is 7.10. The number of aromatic hydroxyl groups is 1. The average molecular weight is 795 g/mol. The van der Waals surface area contributed by atoms with E-state index in [1.807, 2.05) is 48.5 Å². The summed E-state index contributed by atoms with van der Waals surface area (Å²) in [7, 11) is 2.16. The highest BCUT2D eigenvalue weighted by molar-refractivity contribution is 6.31. The van der Waals surface area contributed by atoms with Crippen LogP contribution in [0.1, 0.15) is 70.3 Å². The molecule has 6 aromatic rings. The fourth-order valence-corrected chi connectivity index (χ4v) is 9.60. The Bertz CT molecular complexity index is 2500.